The monoisotopic (exact) mass is 402 g/mol. The van der Waals surface area contributed by atoms with E-state index >= 15 is 0 Å². The van der Waals surface area contributed by atoms with E-state index in [0.29, 0.717) is 31.2 Å². The van der Waals surface area contributed by atoms with E-state index in [9.17, 15) is 29.0 Å². The van der Waals surface area contributed by atoms with Gasteiger partial charge in [-0.15, -0.1) is 0 Å². The molecule has 2 amide bonds. The number of hydrogen-bond donors (Lipinski definition) is 4. The van der Waals surface area contributed by atoms with Crippen molar-refractivity contribution in [2.24, 2.45) is 0 Å². The molecule has 2 bridgehead atoms. The first-order chi connectivity index (χ1) is 13.8. The lowest BCUT2D eigenvalue weighted by atomic mass is 9.74. The summed E-state index contributed by atoms with van der Waals surface area (Å²) in [6.07, 6.45) is 0.811. The number of nitrogens with zero attached hydrogens (tertiary/aromatic N) is 2. The Morgan fingerprint density at radius 3 is 2.52 bits per heavy atom. The van der Waals surface area contributed by atoms with Gasteiger partial charge in [0.1, 0.15) is 17.2 Å². The van der Waals surface area contributed by atoms with Gasteiger partial charge in [0.15, 0.2) is 5.69 Å². The van der Waals surface area contributed by atoms with Crippen LogP contribution in [0.4, 0.5) is 9.18 Å². The van der Waals surface area contributed by atoms with Crippen molar-refractivity contribution in [2.75, 3.05) is 0 Å². The number of carboxylic acid groups (broad SMARTS) is 1. The SMILES string of the molecule is O=C(O)NC12CCC(CC1)n1c2nc(C(=O)NCc2ccc(F)cc2)c(O)c1=O. The summed E-state index contributed by atoms with van der Waals surface area (Å²) in [5, 5.41) is 24.6. The molecule has 1 aliphatic carbocycles. The molecule has 9 nitrogen and oxygen atoms in total. The van der Waals surface area contributed by atoms with Gasteiger partial charge in [0.2, 0.25) is 5.75 Å². The second kappa shape index (κ2) is 6.87. The molecule has 0 saturated heterocycles. The maximum absolute atomic E-state index is 13.0. The number of halogens is 1. The number of benzene rings is 1. The van der Waals surface area contributed by atoms with Crippen LogP contribution in [-0.4, -0.2) is 31.8 Å². The van der Waals surface area contributed by atoms with E-state index in [1.807, 2.05) is 0 Å². The van der Waals surface area contributed by atoms with Crippen LogP contribution in [0.15, 0.2) is 29.1 Å². The van der Waals surface area contributed by atoms with Crippen LogP contribution in [0.2, 0.25) is 0 Å². The van der Waals surface area contributed by atoms with Gasteiger partial charge in [-0.3, -0.25) is 14.2 Å². The molecule has 1 aromatic heterocycles. The number of amides is 2. The Labute approximate surface area is 164 Å². The smallest absolute Gasteiger partial charge is 0.405 e. The first-order valence-corrected chi connectivity index (χ1v) is 9.20. The van der Waals surface area contributed by atoms with E-state index < -0.39 is 40.4 Å². The third-order valence-corrected chi connectivity index (χ3v) is 5.62. The van der Waals surface area contributed by atoms with Gasteiger partial charge in [-0.25, -0.2) is 14.2 Å². The van der Waals surface area contributed by atoms with Crippen LogP contribution in [0.1, 0.15) is 53.6 Å². The molecule has 2 aromatic rings. The van der Waals surface area contributed by atoms with Crippen molar-refractivity contribution < 1.29 is 24.2 Å². The lowest BCUT2D eigenvalue weighted by Gasteiger charge is -2.47. The van der Waals surface area contributed by atoms with Gasteiger partial charge in [0.25, 0.3) is 11.5 Å². The first kappa shape index (κ1) is 18.9. The molecule has 1 fully saturated rings. The molecule has 29 heavy (non-hydrogen) atoms. The van der Waals surface area contributed by atoms with E-state index in [-0.39, 0.29) is 18.4 Å². The average Bonchev–Trinajstić information content (AvgIpc) is 2.70. The third kappa shape index (κ3) is 3.20. The Kier molecular flexibility index (Phi) is 4.48. The highest BCUT2D eigenvalue weighted by atomic mass is 19.1. The van der Waals surface area contributed by atoms with Crippen LogP contribution in [-0.2, 0) is 12.1 Å². The minimum Gasteiger partial charge on any atom is -0.501 e. The lowest BCUT2D eigenvalue weighted by Crippen LogP contribution is -2.56. The number of nitrogens with one attached hydrogen (secondary N) is 2. The number of fused-ring (bicyclic) bond motifs is 2. The summed E-state index contributed by atoms with van der Waals surface area (Å²) in [6, 6.07) is 5.30. The van der Waals surface area contributed by atoms with Crippen molar-refractivity contribution in [2.45, 2.75) is 43.8 Å². The van der Waals surface area contributed by atoms with Crippen LogP contribution in [0, 0.1) is 5.82 Å². The van der Waals surface area contributed by atoms with Crippen LogP contribution >= 0.6 is 0 Å². The van der Waals surface area contributed by atoms with Crippen LogP contribution in [0.25, 0.3) is 0 Å². The third-order valence-electron chi connectivity index (χ3n) is 5.62. The summed E-state index contributed by atoms with van der Waals surface area (Å²) < 4.78 is 14.3. The van der Waals surface area contributed by atoms with Gasteiger partial charge in [0, 0.05) is 12.6 Å². The van der Waals surface area contributed by atoms with E-state index in [2.05, 4.69) is 15.6 Å². The van der Waals surface area contributed by atoms with Crippen molar-refractivity contribution in [3.8, 4) is 5.75 Å². The Bertz CT molecular complexity index is 1040. The second-order valence-electron chi connectivity index (χ2n) is 7.36. The quantitative estimate of drug-likeness (QED) is 0.614. The zero-order chi connectivity index (χ0) is 20.8. The van der Waals surface area contributed by atoms with Crippen molar-refractivity contribution in [1.29, 1.82) is 0 Å². The fourth-order valence-electron chi connectivity index (χ4n) is 4.19. The highest BCUT2D eigenvalue weighted by Gasteiger charge is 2.49. The second-order valence-corrected chi connectivity index (χ2v) is 7.36. The standard InChI is InChI=1S/C19H19FN4O5/c20-11-3-1-10(2-4-11)9-21-15(26)13-14(25)16(27)24-12-5-7-19(8-6-12,17(24)22-13)23-18(28)29/h1-4,12,23,25H,5-9H2,(H,21,26)(H,28,29). The van der Waals surface area contributed by atoms with Crippen LogP contribution in [0.5, 0.6) is 5.75 Å². The van der Waals surface area contributed by atoms with Crippen molar-refractivity contribution in [3.05, 3.63) is 57.5 Å². The summed E-state index contributed by atoms with van der Waals surface area (Å²) in [4.78, 5) is 40.9. The Morgan fingerprint density at radius 1 is 1.24 bits per heavy atom. The minimum absolute atomic E-state index is 0.0415. The molecule has 0 spiro atoms. The first-order valence-electron chi connectivity index (χ1n) is 9.20. The van der Waals surface area contributed by atoms with Crippen molar-refractivity contribution >= 4 is 12.0 Å². The number of aromatic hydroxyl groups is 1. The summed E-state index contributed by atoms with van der Waals surface area (Å²) in [5.74, 6) is -1.81. The summed E-state index contributed by atoms with van der Waals surface area (Å²) >= 11 is 0. The number of hydrogen-bond acceptors (Lipinski definition) is 5. The number of rotatable bonds is 4. The molecular weight excluding hydrogens is 383 g/mol. The lowest BCUT2D eigenvalue weighted by molar-refractivity contribution is 0.0926. The van der Waals surface area contributed by atoms with Gasteiger partial charge in [0.05, 0.1) is 0 Å². The maximum atomic E-state index is 13.0. The molecule has 4 N–H and O–H groups in total. The normalized spacial score (nSPS) is 22.0. The highest BCUT2D eigenvalue weighted by molar-refractivity contribution is 5.94. The molecule has 2 aliphatic heterocycles. The molecule has 0 radical (unpaired) electrons. The van der Waals surface area contributed by atoms with Crippen LogP contribution < -0.4 is 16.2 Å². The predicted octanol–water partition coefficient (Wildman–Crippen LogP) is 1.61. The van der Waals surface area contributed by atoms with Crippen molar-refractivity contribution in [1.82, 2.24) is 20.2 Å². The Morgan fingerprint density at radius 2 is 1.90 bits per heavy atom. The molecular formula is C19H19FN4O5. The van der Waals surface area contributed by atoms with Gasteiger partial charge in [-0.05, 0) is 43.4 Å². The van der Waals surface area contributed by atoms with Gasteiger partial charge >= 0.3 is 6.09 Å². The summed E-state index contributed by atoms with van der Waals surface area (Å²) in [7, 11) is 0. The summed E-state index contributed by atoms with van der Waals surface area (Å²) in [6.45, 7) is 0.0415. The molecule has 0 unspecified atom stereocenters. The number of carbonyl (C=O) groups excluding carboxylic acids is 1. The number of aromatic nitrogens is 2. The molecule has 152 valence electrons. The maximum Gasteiger partial charge on any atom is 0.405 e. The largest absolute Gasteiger partial charge is 0.501 e. The van der Waals surface area contributed by atoms with E-state index in [1.54, 1.807) is 0 Å². The van der Waals surface area contributed by atoms with E-state index in [1.165, 1.54) is 28.8 Å². The zero-order valence-corrected chi connectivity index (χ0v) is 15.3. The molecule has 1 saturated carbocycles. The van der Waals surface area contributed by atoms with Gasteiger partial charge in [-0.1, -0.05) is 12.1 Å². The fraction of sp³-hybridized carbons (Fsp3) is 0.368. The Hall–Kier alpha value is -3.43. The Balaban J connectivity index is 1.68. The molecule has 0 atom stereocenters. The topological polar surface area (TPSA) is 134 Å². The van der Waals surface area contributed by atoms with E-state index in [4.69, 9.17) is 0 Å². The molecule has 10 heteroatoms. The minimum atomic E-state index is -1.25. The molecule has 1 aromatic carbocycles. The van der Waals surface area contributed by atoms with E-state index in [0.717, 1.165) is 0 Å². The summed E-state index contributed by atoms with van der Waals surface area (Å²) in [5.41, 5.74) is -1.67. The predicted molar refractivity (Wildman–Crippen MR) is 98.1 cm³/mol. The molecule has 3 heterocycles. The van der Waals surface area contributed by atoms with Gasteiger partial charge < -0.3 is 20.8 Å². The zero-order valence-electron chi connectivity index (χ0n) is 15.3. The van der Waals surface area contributed by atoms with Crippen LogP contribution in [0.3, 0.4) is 0 Å². The number of carbonyl (C=O) groups is 2. The van der Waals surface area contributed by atoms with Gasteiger partial charge in [-0.2, -0.15) is 0 Å². The fourth-order valence-corrected chi connectivity index (χ4v) is 4.19. The van der Waals surface area contributed by atoms with Crippen molar-refractivity contribution in [3.63, 3.8) is 0 Å². The molecule has 3 aliphatic rings. The highest BCUT2D eigenvalue weighted by Crippen LogP contribution is 2.46. The average molecular weight is 402 g/mol. The molecule has 5 rings (SSSR count).